The molecule has 3 aromatic rings. The Balaban J connectivity index is 1.98. The fraction of sp³-hybridized carbons (Fsp3) is 0.278. The quantitative estimate of drug-likeness (QED) is 0.663. The highest BCUT2D eigenvalue weighted by Crippen LogP contribution is 2.32. The molecule has 7 nitrogen and oxygen atoms in total. The SMILES string of the molecule is C=C[C@H](C)n1c(=O)c2c(nc3n2CCN3c2ccc(Cl)cc2)n(C)c1=O. The van der Waals surface area contributed by atoms with Gasteiger partial charge in [-0.05, 0) is 31.2 Å². The van der Waals surface area contributed by atoms with E-state index >= 15 is 0 Å². The fourth-order valence-electron chi connectivity index (χ4n) is 3.37. The van der Waals surface area contributed by atoms with Crippen LogP contribution in [0.25, 0.3) is 11.2 Å². The predicted octanol–water partition coefficient (Wildman–Crippen LogP) is 2.45. The number of hydrogen-bond donors (Lipinski definition) is 0. The van der Waals surface area contributed by atoms with E-state index in [9.17, 15) is 9.59 Å². The minimum atomic E-state index is -0.398. The molecule has 0 aliphatic carbocycles. The van der Waals surface area contributed by atoms with Gasteiger partial charge in [0.1, 0.15) is 0 Å². The minimum Gasteiger partial charge on any atom is -0.310 e. The summed E-state index contributed by atoms with van der Waals surface area (Å²) in [7, 11) is 1.63. The van der Waals surface area contributed by atoms with Gasteiger partial charge < -0.3 is 9.47 Å². The van der Waals surface area contributed by atoms with Gasteiger partial charge in [0.2, 0.25) is 5.95 Å². The molecule has 1 aliphatic heterocycles. The smallest absolute Gasteiger partial charge is 0.310 e. The second kappa shape index (κ2) is 5.88. The average molecular weight is 372 g/mol. The van der Waals surface area contributed by atoms with Crippen LogP contribution in [0.4, 0.5) is 11.6 Å². The Morgan fingerprint density at radius 1 is 1.23 bits per heavy atom. The zero-order valence-corrected chi connectivity index (χ0v) is 15.3. The van der Waals surface area contributed by atoms with Crippen molar-refractivity contribution in [3.8, 4) is 0 Å². The third-order valence-electron chi connectivity index (χ3n) is 4.84. The summed E-state index contributed by atoms with van der Waals surface area (Å²) >= 11 is 5.97. The van der Waals surface area contributed by atoms with Crippen LogP contribution in [0.15, 0.2) is 46.5 Å². The van der Waals surface area contributed by atoms with Crippen molar-refractivity contribution in [1.82, 2.24) is 18.7 Å². The van der Waals surface area contributed by atoms with Gasteiger partial charge in [-0.1, -0.05) is 17.7 Å². The van der Waals surface area contributed by atoms with E-state index in [1.165, 1.54) is 9.13 Å². The van der Waals surface area contributed by atoms with Crippen LogP contribution in [0.2, 0.25) is 5.02 Å². The number of fused-ring (bicyclic) bond motifs is 3. The molecule has 0 amide bonds. The number of allylic oxidation sites excluding steroid dienone is 1. The lowest BCUT2D eigenvalue weighted by atomic mass is 10.3. The molecular weight excluding hydrogens is 354 g/mol. The van der Waals surface area contributed by atoms with E-state index < -0.39 is 11.7 Å². The van der Waals surface area contributed by atoms with Crippen molar-refractivity contribution in [2.75, 3.05) is 11.4 Å². The molecule has 0 saturated carbocycles. The molecule has 2 aromatic heterocycles. The highest BCUT2D eigenvalue weighted by Gasteiger charge is 2.29. The first-order valence-corrected chi connectivity index (χ1v) is 8.69. The first-order valence-electron chi connectivity index (χ1n) is 8.31. The monoisotopic (exact) mass is 371 g/mol. The Kier molecular flexibility index (Phi) is 3.77. The molecule has 0 saturated heterocycles. The lowest BCUT2D eigenvalue weighted by Gasteiger charge is -2.15. The summed E-state index contributed by atoms with van der Waals surface area (Å²) in [6, 6.07) is 7.06. The van der Waals surface area contributed by atoms with Gasteiger partial charge >= 0.3 is 5.69 Å². The molecule has 4 rings (SSSR count). The fourth-order valence-corrected chi connectivity index (χ4v) is 3.50. The van der Waals surface area contributed by atoms with Gasteiger partial charge in [0.15, 0.2) is 11.2 Å². The van der Waals surface area contributed by atoms with Crippen molar-refractivity contribution in [1.29, 1.82) is 0 Å². The summed E-state index contributed by atoms with van der Waals surface area (Å²) in [6.07, 6.45) is 1.58. The summed E-state index contributed by atoms with van der Waals surface area (Å²) in [5.74, 6) is 0.651. The third kappa shape index (κ3) is 2.24. The standard InChI is InChI=1S/C18H18ClN5O2/c1-4-11(2)24-16(25)14-15(21(3)18(24)26)20-17-22(9-10-23(14)17)13-7-5-12(19)6-8-13/h4-8,11H,1,9-10H2,2-3H3/t11-/m0/s1. The van der Waals surface area contributed by atoms with E-state index in [1.54, 1.807) is 20.0 Å². The van der Waals surface area contributed by atoms with Crippen molar-refractivity contribution >= 4 is 34.4 Å². The van der Waals surface area contributed by atoms with Crippen LogP contribution in [0.1, 0.15) is 13.0 Å². The first kappa shape index (κ1) is 16.7. The molecule has 1 aliphatic rings. The largest absolute Gasteiger partial charge is 0.333 e. The Morgan fingerprint density at radius 2 is 1.92 bits per heavy atom. The van der Waals surface area contributed by atoms with Gasteiger partial charge in [-0.3, -0.25) is 13.9 Å². The topological polar surface area (TPSA) is 65.1 Å². The van der Waals surface area contributed by atoms with E-state index in [0.29, 0.717) is 35.2 Å². The highest BCUT2D eigenvalue weighted by molar-refractivity contribution is 6.30. The molecule has 0 spiro atoms. The van der Waals surface area contributed by atoms with Crippen molar-refractivity contribution in [3.63, 3.8) is 0 Å². The highest BCUT2D eigenvalue weighted by atomic mass is 35.5. The second-order valence-corrected chi connectivity index (χ2v) is 6.79. The molecule has 0 N–H and O–H groups in total. The number of hydrogen-bond acceptors (Lipinski definition) is 4. The number of anilines is 2. The number of benzene rings is 1. The van der Waals surface area contributed by atoms with Crippen molar-refractivity contribution < 1.29 is 0 Å². The summed E-state index contributed by atoms with van der Waals surface area (Å²) in [5, 5.41) is 0.658. The van der Waals surface area contributed by atoms with Crippen LogP contribution < -0.4 is 16.1 Å². The number of nitrogens with zero attached hydrogens (tertiary/aromatic N) is 5. The van der Waals surface area contributed by atoms with Gasteiger partial charge in [-0.15, -0.1) is 6.58 Å². The van der Waals surface area contributed by atoms with E-state index in [1.807, 2.05) is 33.7 Å². The van der Waals surface area contributed by atoms with Gasteiger partial charge in [0.25, 0.3) is 5.56 Å². The Bertz CT molecular complexity index is 1140. The average Bonchev–Trinajstić information content (AvgIpc) is 3.20. The Morgan fingerprint density at radius 3 is 2.58 bits per heavy atom. The summed E-state index contributed by atoms with van der Waals surface area (Å²) in [5.41, 5.74) is 1.03. The van der Waals surface area contributed by atoms with Gasteiger partial charge in [0, 0.05) is 30.8 Å². The molecule has 0 bridgehead atoms. The van der Waals surface area contributed by atoms with E-state index in [0.717, 1.165) is 5.69 Å². The normalized spacial score (nSPS) is 14.7. The molecular formula is C18H18ClN5O2. The molecule has 0 unspecified atom stereocenters. The molecule has 1 atom stereocenters. The summed E-state index contributed by atoms with van der Waals surface area (Å²) < 4.78 is 4.51. The van der Waals surface area contributed by atoms with E-state index in [2.05, 4.69) is 11.6 Å². The molecule has 0 fully saturated rings. The number of aromatic nitrogens is 4. The van der Waals surface area contributed by atoms with Gasteiger partial charge in [-0.2, -0.15) is 4.98 Å². The third-order valence-corrected chi connectivity index (χ3v) is 5.09. The minimum absolute atomic E-state index is 0.341. The number of imidazole rings is 1. The maximum atomic E-state index is 13.0. The van der Waals surface area contributed by atoms with Gasteiger partial charge in [-0.25, -0.2) is 4.79 Å². The second-order valence-electron chi connectivity index (χ2n) is 6.36. The Labute approximate surface area is 154 Å². The molecule has 1 aromatic carbocycles. The lowest BCUT2D eigenvalue weighted by Crippen LogP contribution is -2.40. The molecule has 134 valence electrons. The van der Waals surface area contributed by atoms with Crippen LogP contribution in [0.5, 0.6) is 0 Å². The van der Waals surface area contributed by atoms with Crippen LogP contribution in [0, 0.1) is 0 Å². The molecule has 8 heteroatoms. The van der Waals surface area contributed by atoms with Crippen LogP contribution >= 0.6 is 11.6 Å². The Hall–Kier alpha value is -2.80. The number of aryl methyl sites for hydroxylation is 1. The first-order chi connectivity index (χ1) is 12.4. The van der Waals surface area contributed by atoms with Crippen LogP contribution in [0.3, 0.4) is 0 Å². The summed E-state index contributed by atoms with van der Waals surface area (Å²) in [4.78, 5) is 32.3. The maximum absolute atomic E-state index is 13.0. The van der Waals surface area contributed by atoms with E-state index in [4.69, 9.17) is 11.6 Å². The van der Waals surface area contributed by atoms with E-state index in [-0.39, 0.29) is 5.56 Å². The molecule has 0 radical (unpaired) electrons. The van der Waals surface area contributed by atoms with Crippen LogP contribution in [-0.2, 0) is 13.6 Å². The molecule has 3 heterocycles. The molecule has 26 heavy (non-hydrogen) atoms. The summed E-state index contributed by atoms with van der Waals surface area (Å²) in [6.45, 7) is 6.77. The lowest BCUT2D eigenvalue weighted by molar-refractivity contribution is 0.572. The van der Waals surface area contributed by atoms with Crippen LogP contribution in [-0.4, -0.2) is 25.2 Å². The predicted molar refractivity (Wildman–Crippen MR) is 103 cm³/mol. The zero-order valence-electron chi connectivity index (χ0n) is 14.5. The van der Waals surface area contributed by atoms with Gasteiger partial charge in [0.05, 0.1) is 6.04 Å². The number of rotatable bonds is 3. The maximum Gasteiger partial charge on any atom is 0.333 e. The van der Waals surface area contributed by atoms with Crippen molar-refractivity contribution in [3.05, 3.63) is 62.8 Å². The van der Waals surface area contributed by atoms with Crippen molar-refractivity contribution in [2.45, 2.75) is 19.5 Å². The zero-order chi connectivity index (χ0) is 18.6. The number of halogens is 1. The van der Waals surface area contributed by atoms with Crippen molar-refractivity contribution in [2.24, 2.45) is 7.05 Å².